The molecular weight excluding hydrogens is 1720 g/mol. The van der Waals surface area contributed by atoms with Crippen molar-refractivity contribution < 1.29 is 89.1 Å². The van der Waals surface area contributed by atoms with Gasteiger partial charge in [0.25, 0.3) is 27.8 Å². The Balaban J connectivity index is 0.000000238. The highest BCUT2D eigenvalue weighted by Gasteiger charge is 2.49. The maximum atomic E-state index is 12.2. The van der Waals surface area contributed by atoms with Crippen molar-refractivity contribution in [3.63, 3.8) is 0 Å². The van der Waals surface area contributed by atoms with Crippen LogP contribution in [0.5, 0.6) is 0 Å². The van der Waals surface area contributed by atoms with E-state index in [1.807, 2.05) is 6.92 Å². The van der Waals surface area contributed by atoms with Crippen LogP contribution in [0.15, 0.2) is 74.1 Å². The minimum absolute atomic E-state index is 0.0695. The fourth-order valence-corrected chi connectivity index (χ4v) is 18.7. The number of nitrogens with zero attached hydrogens (tertiary/aromatic N) is 5. The predicted octanol–water partition coefficient (Wildman–Crippen LogP) is -0.941. The van der Waals surface area contributed by atoms with E-state index in [9.17, 15) is 109 Å². The molecule has 5 aliphatic rings. The Hall–Kier alpha value is -6.47. The lowest BCUT2D eigenvalue weighted by Crippen LogP contribution is -2.39. The number of ketones is 2. The fourth-order valence-electron chi connectivity index (χ4n) is 13.7. The normalized spacial score (nSPS) is 27.0. The average molecular weight is 1850 g/mol. The number of aromatic nitrogens is 10. The molecular formula is C79H128N11O27P5S. The van der Waals surface area contributed by atoms with Gasteiger partial charge in [-0.05, 0) is 175 Å². The van der Waals surface area contributed by atoms with Gasteiger partial charge in [0.2, 0.25) is 5.91 Å². The zero-order chi connectivity index (χ0) is 93.0. The van der Waals surface area contributed by atoms with E-state index in [1.54, 1.807) is 13.1 Å². The number of amides is 1. The fraction of sp³-hybridized carbons (Fsp3) is 0.646. The van der Waals surface area contributed by atoms with E-state index >= 15 is 0 Å². The highest BCUT2D eigenvalue weighted by atomic mass is 32.1. The van der Waals surface area contributed by atoms with Gasteiger partial charge >= 0.3 is 22.8 Å². The first-order valence-corrected chi connectivity index (χ1v) is 55.8. The molecule has 1 amide bonds. The van der Waals surface area contributed by atoms with Gasteiger partial charge in [0.05, 0.1) is 36.1 Å². The molecule has 0 aliphatic carbocycles. The van der Waals surface area contributed by atoms with Crippen LogP contribution in [0.2, 0.25) is 0 Å². The topological polar surface area (TPSA) is 569 Å². The second kappa shape index (κ2) is 44.5. The molecule has 10 heterocycles. The number of hydrogen-bond acceptors (Lipinski definition) is 28. The van der Waals surface area contributed by atoms with Crippen LogP contribution in [-0.2, 0) is 70.3 Å². The van der Waals surface area contributed by atoms with Gasteiger partial charge in [-0.2, -0.15) is 0 Å². The first-order chi connectivity index (χ1) is 56.7. The minimum atomic E-state index is -1.33. The molecule has 44 heteroatoms. The van der Waals surface area contributed by atoms with E-state index in [2.05, 4.69) is 128 Å². The Bertz CT molecular complexity index is 5170. The van der Waals surface area contributed by atoms with Crippen LogP contribution in [0.25, 0.3) is 0 Å². The van der Waals surface area contributed by atoms with Gasteiger partial charge in [-0.3, -0.25) is 81.3 Å². The Morgan fingerprint density at radius 1 is 0.366 bits per heavy atom. The smallest absolute Gasteiger partial charge is 0.330 e. The zero-order valence-corrected chi connectivity index (χ0v) is 77.9. The number of hydrogen-bond donors (Lipinski definition) is 16. The SMILES string of the molecule is C=P(C)(C)CC[C@H]1O[C@@H](n2cc(CC(C)=O)c(=O)[nH]c2=O)[C@H](O)[C@@H]1O.C=P(C)(C)CC[C@H]1O[C@@H](n2cc(CC)c(=O)[nH]c2=O)[C@H](O)[C@@H]1O.C=P(C)(C)CC[C@H]1O[C@@H](n2cc(CC)c(=O)[nH]c2=S)[C@H](O)[C@@H]1O.C=P(C)(C)CC[C@H]1O[C@@H](n2cc(CCC(C)=O)c(=O)[nH]c2=O)[C@H](O)[C@@H]1O.C=P(C)(C)CC[C@H]1O[C@@H](n2cc(CNC(C)=O)c(=O)[nH]c2=O)[C@H](O)[C@@H]1O. The molecule has 5 fully saturated rings. The van der Waals surface area contributed by atoms with Gasteiger partial charge in [0.1, 0.15) is 72.6 Å². The lowest BCUT2D eigenvalue weighted by atomic mass is 10.1. The number of ether oxygens (including phenoxy) is 5. The number of aliphatic hydroxyl groups excluding tert-OH is 10. The summed E-state index contributed by atoms with van der Waals surface area (Å²) in [5, 5.41) is 105. The van der Waals surface area contributed by atoms with Crippen LogP contribution >= 0.6 is 46.6 Å². The van der Waals surface area contributed by atoms with Crippen LogP contribution in [0.4, 0.5) is 0 Å². The number of aryl methyl sites for hydroxylation is 3. The summed E-state index contributed by atoms with van der Waals surface area (Å²) >= 11 is 5.17. The number of carbonyl (C=O) groups is 3. The van der Waals surface area contributed by atoms with Gasteiger partial charge in [-0.1, -0.05) is 13.8 Å². The Labute approximate surface area is 717 Å². The van der Waals surface area contributed by atoms with E-state index in [0.717, 1.165) is 49.1 Å². The van der Waals surface area contributed by atoms with Crippen molar-refractivity contribution in [3.05, 3.63) is 157 Å². The quantitative estimate of drug-likeness (QED) is 0.0203. The van der Waals surface area contributed by atoms with Crippen LogP contribution in [0, 0.1) is 4.77 Å². The van der Waals surface area contributed by atoms with Crippen LogP contribution in [-0.4, -0.2) is 337 Å². The molecule has 16 N–H and O–H groups in total. The lowest BCUT2D eigenvalue weighted by Gasteiger charge is -2.19. The molecule has 0 bridgehead atoms. The molecule has 0 spiro atoms. The summed E-state index contributed by atoms with van der Waals surface area (Å²) < 4.78 is 34.7. The molecule has 20 atom stereocenters. The van der Waals surface area contributed by atoms with Crippen molar-refractivity contribution in [2.24, 2.45) is 0 Å². The first-order valence-electron chi connectivity index (χ1n) is 40.2. The molecule has 5 saturated heterocycles. The third-order valence-electron chi connectivity index (χ3n) is 20.8. The summed E-state index contributed by atoms with van der Waals surface area (Å²) in [6.45, 7) is 21.9. The van der Waals surface area contributed by atoms with Crippen molar-refractivity contribution in [2.45, 2.75) is 228 Å². The number of rotatable bonds is 29. The monoisotopic (exact) mass is 1850 g/mol. The number of H-pyrrole nitrogens is 5. The number of aliphatic hydroxyl groups is 10. The van der Waals surface area contributed by atoms with Crippen LogP contribution in [0.3, 0.4) is 0 Å². The highest BCUT2D eigenvalue weighted by molar-refractivity contribution is 7.73. The Morgan fingerprint density at radius 2 is 0.602 bits per heavy atom. The minimum Gasteiger partial charge on any atom is -0.388 e. The Kier molecular flexibility index (Phi) is 38.1. The van der Waals surface area contributed by atoms with Crippen molar-refractivity contribution in [1.82, 2.24) is 53.1 Å². The van der Waals surface area contributed by atoms with Gasteiger partial charge in [-0.15, -0.1) is 65.9 Å². The number of Topliss-reactive ketones (excluding diaryl/α,β-unsaturated/α-hetero) is 2. The van der Waals surface area contributed by atoms with Crippen molar-refractivity contribution in [2.75, 3.05) is 97.5 Å². The van der Waals surface area contributed by atoms with Crippen molar-refractivity contribution in [1.29, 1.82) is 0 Å². The summed E-state index contributed by atoms with van der Waals surface area (Å²) in [5.74, 6) is -0.633. The van der Waals surface area contributed by atoms with E-state index in [1.165, 1.54) is 50.1 Å². The summed E-state index contributed by atoms with van der Waals surface area (Å²) in [6, 6.07) is 0. The lowest BCUT2D eigenvalue weighted by molar-refractivity contribution is -0.119. The molecule has 5 aromatic heterocycles. The third-order valence-corrected chi connectivity index (χ3v) is 28.5. The van der Waals surface area contributed by atoms with Crippen molar-refractivity contribution >= 4 is 95.6 Å². The summed E-state index contributed by atoms with van der Waals surface area (Å²) in [5.41, 5.74) is -3.98. The summed E-state index contributed by atoms with van der Waals surface area (Å²) in [7, 11) is 0. The summed E-state index contributed by atoms with van der Waals surface area (Å²) in [4.78, 5) is 152. The average Bonchev–Trinajstić information content (AvgIpc) is 1.68. The molecule has 0 aromatic carbocycles. The van der Waals surface area contributed by atoms with E-state index < -0.39 is 202 Å². The largest absolute Gasteiger partial charge is 0.388 e. The van der Waals surface area contributed by atoms with E-state index in [-0.39, 0.29) is 70.3 Å². The highest BCUT2D eigenvalue weighted by Crippen LogP contribution is 2.44. The molecule has 10 rings (SSSR count). The molecule has 0 unspecified atom stereocenters. The van der Waals surface area contributed by atoms with Gasteiger partial charge < -0.3 is 84.9 Å². The molecule has 0 radical (unpaired) electrons. The van der Waals surface area contributed by atoms with Gasteiger partial charge in [0, 0.05) is 79.5 Å². The van der Waals surface area contributed by atoms with E-state index in [0.29, 0.717) is 56.1 Å². The number of nitrogens with one attached hydrogen (secondary N) is 6. The molecule has 5 aromatic rings. The molecule has 5 aliphatic heterocycles. The van der Waals surface area contributed by atoms with Crippen LogP contribution in [0.1, 0.15) is 132 Å². The second-order valence-electron chi connectivity index (χ2n) is 35.3. The third kappa shape index (κ3) is 30.3. The first kappa shape index (κ1) is 105. The summed E-state index contributed by atoms with van der Waals surface area (Å²) in [6.07, 6.45) is 15.5. The predicted molar refractivity (Wildman–Crippen MR) is 487 cm³/mol. The Morgan fingerprint density at radius 3 is 0.870 bits per heavy atom. The molecule has 692 valence electrons. The second-order valence-corrected chi connectivity index (χ2v) is 57.3. The maximum Gasteiger partial charge on any atom is 0.330 e. The van der Waals surface area contributed by atoms with Gasteiger partial charge in [0.15, 0.2) is 35.9 Å². The van der Waals surface area contributed by atoms with E-state index in [4.69, 9.17) is 35.9 Å². The maximum absolute atomic E-state index is 12.2. The molecule has 38 nitrogen and oxygen atoms in total. The standard InChI is InChI=1S/C17H27N2O6P.C16H26N3O6P.C16H25N2O6P.C15H25N2O5P.C15H25N2O4PS/c1-10(20)5-6-11-9-19(17(24)18-15(11)23)16-14(22)13(21)12(25-16)7-8-26(2,3)4;1-9(20)17-7-10-8-19(16(24)18-14(10)23)15-13(22)12(21)11(25-15)5-6-26(2,3)4;1-9(19)7-10-8-18(16(23)17-14(10)22)15-13(21)12(20)11(24-15)5-6-25(2,3)4;1-5-9-8-17(15(21)16-13(9)20)14-12(19)11(18)10(22-14)6-7-23(2,3)4;1-5-9-8-17(15(23)16-13(9)20)14-12(19)11(18)10(21-14)6-7-22(2,3)4/h9,12-14,16,21-22H,2,5-8H2,1,3-4H3,(H,18,23,24);8,11-13,15,21-22H,2,5-7H2,1,3-4H3,(H,17,20)(H,18,23,24);8,11-13,15,20-21H,2,5-7H2,1,3-4H3,(H,17,22,23);8,10-12,14,18-19H,2,5-7H2,1,3-4H3,(H,16,20,21);8,10-12,14,18-19H,2,5-7H2,1,3-4H3,(H,16,20,23)/t12-,13-,14-,16-;2*11-,12-,13-,15-;2*10-,11-,12-,14-/m11111/s1. The van der Waals surface area contributed by atoms with Crippen LogP contribution < -0.4 is 55.9 Å². The molecule has 0 saturated carbocycles. The zero-order valence-electron chi connectivity index (χ0n) is 72.6. The van der Waals surface area contributed by atoms with Crippen molar-refractivity contribution in [3.8, 4) is 0 Å². The number of aromatic amines is 5. The van der Waals surface area contributed by atoms with Gasteiger partial charge in [-0.25, -0.2) is 19.2 Å². The molecule has 123 heavy (non-hydrogen) atoms. The number of carbonyl (C=O) groups excluding carboxylic acids is 3.